The molecule has 0 radical (unpaired) electrons. The maximum absolute atomic E-state index is 15.0. The van der Waals surface area contributed by atoms with Gasteiger partial charge in [0.15, 0.2) is 0 Å². The highest BCUT2D eigenvalue weighted by Crippen LogP contribution is 2.52. The quantitative estimate of drug-likeness (QED) is 0.837. The molecule has 2 amide bonds. The van der Waals surface area contributed by atoms with Crippen molar-refractivity contribution in [3.8, 4) is 5.75 Å². The van der Waals surface area contributed by atoms with Gasteiger partial charge in [0, 0.05) is 25.7 Å². The van der Waals surface area contributed by atoms with Crippen molar-refractivity contribution in [2.75, 3.05) is 51.8 Å². The summed E-state index contributed by atoms with van der Waals surface area (Å²) < 4.78 is 21.1. The SMILES string of the molecule is CN1CCC(COc2ccc(F)c3c2N(C)C(=O)C32CCN(C(=O)O)CC2)CC1. The third kappa shape index (κ3) is 3.33. The number of ether oxygens (including phenoxy) is 1. The minimum absolute atomic E-state index is 0.174. The molecule has 0 aliphatic carbocycles. The number of likely N-dealkylation sites (N-methyl/N-ethyl adjacent to an activating group) is 1. The molecule has 2 fully saturated rings. The van der Waals surface area contributed by atoms with Crippen molar-refractivity contribution in [2.45, 2.75) is 31.1 Å². The average molecular weight is 405 g/mol. The van der Waals surface area contributed by atoms with Gasteiger partial charge in [0.05, 0.1) is 17.7 Å². The summed E-state index contributed by atoms with van der Waals surface area (Å²) >= 11 is 0. The minimum atomic E-state index is -1.01. The molecule has 3 aliphatic rings. The molecule has 7 nitrogen and oxygen atoms in total. The van der Waals surface area contributed by atoms with Crippen LogP contribution in [0.4, 0.5) is 14.9 Å². The van der Waals surface area contributed by atoms with E-state index in [1.54, 1.807) is 13.1 Å². The summed E-state index contributed by atoms with van der Waals surface area (Å²) in [6, 6.07) is 2.98. The lowest BCUT2D eigenvalue weighted by molar-refractivity contribution is -0.124. The fraction of sp³-hybridized carbons (Fsp3) is 0.619. The summed E-state index contributed by atoms with van der Waals surface area (Å²) in [5.74, 6) is 0.385. The fourth-order valence-corrected chi connectivity index (χ4v) is 4.96. The average Bonchev–Trinajstić information content (AvgIpc) is 2.92. The van der Waals surface area contributed by atoms with Crippen LogP contribution in [-0.2, 0) is 10.2 Å². The Labute approximate surface area is 170 Å². The highest BCUT2D eigenvalue weighted by atomic mass is 19.1. The Kier molecular flexibility index (Phi) is 5.14. The van der Waals surface area contributed by atoms with Gasteiger partial charge >= 0.3 is 6.09 Å². The molecule has 0 atom stereocenters. The third-order valence-electron chi connectivity index (χ3n) is 6.82. The van der Waals surface area contributed by atoms with E-state index in [4.69, 9.17) is 4.74 Å². The number of anilines is 1. The van der Waals surface area contributed by atoms with Crippen LogP contribution in [0.15, 0.2) is 12.1 Å². The monoisotopic (exact) mass is 405 g/mol. The van der Waals surface area contributed by atoms with Crippen LogP contribution in [-0.4, -0.2) is 73.8 Å². The standard InChI is InChI=1S/C21H28FN3O4/c1-23-9-5-14(6-10-23)13-29-16-4-3-15(22)17-18(16)24(2)19(26)21(17)7-11-25(12-8-21)20(27)28/h3-4,14H,5-13H2,1-2H3,(H,27,28). The van der Waals surface area contributed by atoms with E-state index >= 15 is 0 Å². The lowest BCUT2D eigenvalue weighted by Gasteiger charge is -2.37. The van der Waals surface area contributed by atoms with Crippen molar-refractivity contribution >= 4 is 17.7 Å². The van der Waals surface area contributed by atoms with Crippen LogP contribution in [0.25, 0.3) is 0 Å². The first-order valence-corrected chi connectivity index (χ1v) is 10.2. The number of fused-ring (bicyclic) bond motifs is 2. The Bertz CT molecular complexity index is 814. The number of carbonyl (C=O) groups excluding carboxylic acids is 1. The number of likely N-dealkylation sites (tertiary alicyclic amines) is 2. The van der Waals surface area contributed by atoms with Crippen molar-refractivity contribution in [1.29, 1.82) is 0 Å². The molecule has 1 N–H and O–H groups in total. The molecular formula is C21H28FN3O4. The first-order valence-electron chi connectivity index (χ1n) is 10.2. The van der Waals surface area contributed by atoms with Crippen LogP contribution in [0.1, 0.15) is 31.2 Å². The second-order valence-corrected chi connectivity index (χ2v) is 8.54. The predicted octanol–water partition coefficient (Wildman–Crippen LogP) is 2.53. The zero-order valence-electron chi connectivity index (χ0n) is 17.0. The van der Waals surface area contributed by atoms with Crippen molar-refractivity contribution in [3.63, 3.8) is 0 Å². The van der Waals surface area contributed by atoms with Crippen molar-refractivity contribution in [2.24, 2.45) is 5.92 Å². The molecule has 158 valence electrons. The van der Waals surface area contributed by atoms with Gasteiger partial charge in [-0.15, -0.1) is 0 Å². The highest BCUT2D eigenvalue weighted by Gasteiger charge is 2.54. The Morgan fingerprint density at radius 1 is 1.21 bits per heavy atom. The molecule has 8 heteroatoms. The second-order valence-electron chi connectivity index (χ2n) is 8.54. The Balaban J connectivity index is 1.60. The van der Waals surface area contributed by atoms with Crippen molar-refractivity contribution in [1.82, 2.24) is 9.80 Å². The topological polar surface area (TPSA) is 73.3 Å². The number of carboxylic acid groups (broad SMARTS) is 1. The lowest BCUT2D eigenvalue weighted by Crippen LogP contribution is -2.49. The van der Waals surface area contributed by atoms with Crippen molar-refractivity contribution < 1.29 is 23.8 Å². The van der Waals surface area contributed by atoms with E-state index in [2.05, 4.69) is 11.9 Å². The molecule has 2 saturated heterocycles. The molecule has 3 aliphatic heterocycles. The number of piperidine rings is 2. The van der Waals surface area contributed by atoms with Crippen LogP contribution in [0.2, 0.25) is 0 Å². The molecule has 4 rings (SSSR count). The Morgan fingerprint density at radius 2 is 1.86 bits per heavy atom. The Morgan fingerprint density at radius 3 is 2.48 bits per heavy atom. The first-order chi connectivity index (χ1) is 13.8. The largest absolute Gasteiger partial charge is 0.491 e. The van der Waals surface area contributed by atoms with Gasteiger partial charge in [0.1, 0.15) is 11.6 Å². The third-order valence-corrected chi connectivity index (χ3v) is 6.82. The molecule has 0 unspecified atom stereocenters. The zero-order valence-corrected chi connectivity index (χ0v) is 17.0. The molecule has 3 heterocycles. The van der Waals surface area contributed by atoms with Gasteiger partial charge < -0.3 is 24.5 Å². The summed E-state index contributed by atoms with van der Waals surface area (Å²) in [7, 11) is 3.76. The maximum atomic E-state index is 15.0. The number of carbonyl (C=O) groups is 2. The van der Waals surface area contributed by atoms with Gasteiger partial charge in [-0.05, 0) is 63.9 Å². The number of hydrogen-bond acceptors (Lipinski definition) is 4. The molecule has 1 spiro atoms. The van der Waals surface area contributed by atoms with E-state index in [1.807, 2.05) is 0 Å². The van der Waals surface area contributed by atoms with E-state index in [-0.39, 0.29) is 31.8 Å². The molecule has 0 saturated carbocycles. The summed E-state index contributed by atoms with van der Waals surface area (Å²) in [4.78, 5) is 29.5. The lowest BCUT2D eigenvalue weighted by atomic mass is 9.73. The predicted molar refractivity (Wildman–Crippen MR) is 106 cm³/mol. The van der Waals surface area contributed by atoms with E-state index in [0.717, 1.165) is 25.9 Å². The summed E-state index contributed by atoms with van der Waals surface area (Å²) in [6.45, 7) is 3.06. The molecule has 1 aromatic rings. The smallest absolute Gasteiger partial charge is 0.407 e. The Hall–Kier alpha value is -2.35. The van der Waals surface area contributed by atoms with Crippen LogP contribution in [0, 0.1) is 11.7 Å². The van der Waals surface area contributed by atoms with E-state index in [0.29, 0.717) is 29.5 Å². The van der Waals surface area contributed by atoms with E-state index in [1.165, 1.54) is 15.9 Å². The maximum Gasteiger partial charge on any atom is 0.407 e. The molecule has 0 aromatic heterocycles. The number of halogens is 1. The van der Waals surface area contributed by atoms with Crippen LogP contribution in [0.5, 0.6) is 5.75 Å². The van der Waals surface area contributed by atoms with Gasteiger partial charge in [0.2, 0.25) is 5.91 Å². The minimum Gasteiger partial charge on any atom is -0.491 e. The van der Waals surface area contributed by atoms with Gasteiger partial charge in [0.25, 0.3) is 0 Å². The normalized spacial score (nSPS) is 22.2. The van der Waals surface area contributed by atoms with E-state index in [9.17, 15) is 19.1 Å². The number of benzene rings is 1. The fourth-order valence-electron chi connectivity index (χ4n) is 4.96. The van der Waals surface area contributed by atoms with Gasteiger partial charge in [-0.1, -0.05) is 0 Å². The number of amides is 2. The van der Waals surface area contributed by atoms with Gasteiger partial charge in [-0.2, -0.15) is 0 Å². The van der Waals surface area contributed by atoms with Gasteiger partial charge in [-0.3, -0.25) is 4.79 Å². The molecule has 29 heavy (non-hydrogen) atoms. The molecule has 0 bridgehead atoms. The summed E-state index contributed by atoms with van der Waals surface area (Å²) in [5, 5.41) is 9.23. The molecular weight excluding hydrogens is 377 g/mol. The van der Waals surface area contributed by atoms with Gasteiger partial charge in [-0.25, -0.2) is 9.18 Å². The van der Waals surface area contributed by atoms with Crippen LogP contribution in [0.3, 0.4) is 0 Å². The number of nitrogens with zero attached hydrogens (tertiary/aromatic N) is 3. The summed E-state index contributed by atoms with van der Waals surface area (Å²) in [5.41, 5.74) is -0.129. The van der Waals surface area contributed by atoms with Crippen molar-refractivity contribution in [3.05, 3.63) is 23.5 Å². The van der Waals surface area contributed by atoms with Crippen LogP contribution < -0.4 is 9.64 Å². The number of rotatable bonds is 3. The van der Waals surface area contributed by atoms with Crippen LogP contribution >= 0.6 is 0 Å². The van der Waals surface area contributed by atoms with E-state index < -0.39 is 17.3 Å². The number of hydrogen-bond donors (Lipinski definition) is 1. The molecule has 1 aromatic carbocycles. The summed E-state index contributed by atoms with van der Waals surface area (Å²) in [6.07, 6.45) is 1.68. The highest BCUT2D eigenvalue weighted by molar-refractivity contribution is 6.09. The first kappa shape index (κ1) is 19.9. The second kappa shape index (κ2) is 7.48. The zero-order chi connectivity index (χ0) is 20.8.